The van der Waals surface area contributed by atoms with Crippen LogP contribution in [0.3, 0.4) is 0 Å². The minimum atomic E-state index is -4.51. The molecular weight excluding hydrogens is 339 g/mol. The lowest BCUT2D eigenvalue weighted by Crippen LogP contribution is -2.20. The molecule has 1 saturated heterocycles. The Kier molecular flexibility index (Phi) is 4.19. The van der Waals surface area contributed by atoms with Gasteiger partial charge < -0.3 is 15.2 Å². The van der Waals surface area contributed by atoms with Gasteiger partial charge in [-0.05, 0) is 30.9 Å². The van der Waals surface area contributed by atoms with Crippen LogP contribution in [0.2, 0.25) is 5.28 Å². The predicted octanol–water partition coefficient (Wildman–Crippen LogP) is 2.70. The first-order valence-electron chi connectivity index (χ1n) is 6.87. The lowest BCUT2D eigenvalue weighted by atomic mass is 10.2. The van der Waals surface area contributed by atoms with Crippen molar-refractivity contribution in [1.82, 2.24) is 19.7 Å². The molecule has 1 aliphatic heterocycles. The van der Waals surface area contributed by atoms with E-state index in [-0.39, 0.29) is 28.0 Å². The molecule has 126 valence electrons. The van der Waals surface area contributed by atoms with Crippen LogP contribution in [0, 0.1) is 0 Å². The number of fused-ring (bicyclic) bond motifs is 1. The van der Waals surface area contributed by atoms with Gasteiger partial charge in [0.25, 0.3) is 0 Å². The Labute approximate surface area is 133 Å². The molecule has 2 aromatic rings. The van der Waals surface area contributed by atoms with Crippen molar-refractivity contribution < 1.29 is 22.6 Å². The summed E-state index contributed by atoms with van der Waals surface area (Å²) in [6.07, 6.45) is -2.36. The zero-order valence-corrected chi connectivity index (χ0v) is 12.6. The second-order valence-electron chi connectivity index (χ2n) is 5.05. The van der Waals surface area contributed by atoms with Crippen molar-refractivity contribution in [1.29, 1.82) is 0 Å². The predicted molar refractivity (Wildman–Crippen MR) is 75.1 cm³/mol. The summed E-state index contributed by atoms with van der Waals surface area (Å²) >= 11 is 5.79. The highest BCUT2D eigenvalue weighted by molar-refractivity contribution is 6.28. The molecule has 1 atom stereocenters. The number of aromatic nitrogens is 4. The third kappa shape index (κ3) is 3.42. The lowest BCUT2D eigenvalue weighted by Gasteiger charge is -2.22. The van der Waals surface area contributed by atoms with Crippen LogP contribution in [0.5, 0.6) is 5.88 Å². The van der Waals surface area contributed by atoms with Gasteiger partial charge in [-0.25, -0.2) is 4.68 Å². The molecule has 0 saturated carbocycles. The van der Waals surface area contributed by atoms with Crippen LogP contribution in [0.4, 0.5) is 19.0 Å². The maximum Gasteiger partial charge on any atom is 0.422 e. The van der Waals surface area contributed by atoms with Crippen molar-refractivity contribution >= 4 is 28.5 Å². The summed E-state index contributed by atoms with van der Waals surface area (Å²) in [6, 6.07) is 0. The van der Waals surface area contributed by atoms with Crippen molar-refractivity contribution in [3.63, 3.8) is 0 Å². The van der Waals surface area contributed by atoms with Gasteiger partial charge in [-0.15, -0.1) is 0 Å². The highest BCUT2D eigenvalue weighted by Gasteiger charge is 2.30. The van der Waals surface area contributed by atoms with Crippen LogP contribution in [0.25, 0.3) is 11.0 Å². The van der Waals surface area contributed by atoms with Gasteiger partial charge in [0.2, 0.25) is 11.2 Å². The van der Waals surface area contributed by atoms with Crippen molar-refractivity contribution in [3.8, 4) is 5.88 Å². The van der Waals surface area contributed by atoms with Gasteiger partial charge in [0, 0.05) is 6.61 Å². The second kappa shape index (κ2) is 6.00. The summed E-state index contributed by atoms with van der Waals surface area (Å²) in [4.78, 5) is 7.69. The number of nitrogens with two attached hydrogens (primary N) is 1. The summed E-state index contributed by atoms with van der Waals surface area (Å²) in [7, 11) is 0. The maximum atomic E-state index is 12.4. The molecular formula is C12H13ClF3N5O2. The van der Waals surface area contributed by atoms with Gasteiger partial charge in [-0.1, -0.05) is 0 Å². The third-order valence-electron chi connectivity index (χ3n) is 3.32. The fourth-order valence-corrected chi connectivity index (χ4v) is 2.54. The SMILES string of the molecule is Nc1nn(C2CCCCO2)c2nc(Cl)nc(OCC(F)(F)F)c12. The van der Waals surface area contributed by atoms with E-state index >= 15 is 0 Å². The van der Waals surface area contributed by atoms with Crippen LogP contribution in [-0.4, -0.2) is 39.1 Å². The van der Waals surface area contributed by atoms with E-state index in [4.69, 9.17) is 26.8 Å². The average molecular weight is 352 g/mol. The molecule has 0 amide bonds. The first kappa shape index (κ1) is 16.1. The number of rotatable bonds is 3. The number of nitrogen functional groups attached to an aromatic ring is 1. The average Bonchev–Trinajstić information content (AvgIpc) is 2.82. The van der Waals surface area contributed by atoms with Gasteiger partial charge in [-0.3, -0.25) is 0 Å². The fourth-order valence-electron chi connectivity index (χ4n) is 2.38. The minimum Gasteiger partial charge on any atom is -0.467 e. The summed E-state index contributed by atoms with van der Waals surface area (Å²) in [5.41, 5.74) is 5.99. The first-order chi connectivity index (χ1) is 10.8. The Balaban J connectivity index is 2.03. The second-order valence-corrected chi connectivity index (χ2v) is 5.39. The number of hydrogen-bond acceptors (Lipinski definition) is 6. The van der Waals surface area contributed by atoms with Gasteiger partial charge in [0.1, 0.15) is 5.39 Å². The Bertz CT molecular complexity index is 715. The van der Waals surface area contributed by atoms with Crippen LogP contribution in [-0.2, 0) is 4.74 Å². The smallest absolute Gasteiger partial charge is 0.422 e. The summed E-state index contributed by atoms with van der Waals surface area (Å²) < 4.78 is 48.8. The van der Waals surface area contributed by atoms with Gasteiger partial charge >= 0.3 is 6.18 Å². The van der Waals surface area contributed by atoms with Crippen LogP contribution in [0.15, 0.2) is 0 Å². The van der Waals surface area contributed by atoms with E-state index in [0.29, 0.717) is 13.0 Å². The number of nitrogens with zero attached hydrogens (tertiary/aromatic N) is 4. The minimum absolute atomic E-state index is 0.0389. The molecule has 2 aromatic heterocycles. The summed E-state index contributed by atoms with van der Waals surface area (Å²) in [5, 5.41) is 3.94. The van der Waals surface area contributed by atoms with Crippen molar-refractivity contribution in [3.05, 3.63) is 5.28 Å². The van der Waals surface area contributed by atoms with E-state index in [1.807, 2.05) is 0 Å². The van der Waals surface area contributed by atoms with E-state index in [0.717, 1.165) is 12.8 Å². The molecule has 1 unspecified atom stereocenters. The molecule has 0 aliphatic carbocycles. The molecule has 23 heavy (non-hydrogen) atoms. The summed E-state index contributed by atoms with van der Waals surface area (Å²) in [6.45, 7) is -0.956. The van der Waals surface area contributed by atoms with Crippen molar-refractivity contribution in [2.45, 2.75) is 31.7 Å². The fraction of sp³-hybridized carbons (Fsp3) is 0.583. The molecule has 0 aromatic carbocycles. The standard InChI is InChI=1S/C12H13ClF3N5O2/c13-11-18-9-7(10(19-11)23-5-12(14,15)16)8(17)20-21(9)6-3-1-2-4-22-6/h6H,1-5H2,(H2,17,20). The Morgan fingerprint density at radius 2 is 2.13 bits per heavy atom. The highest BCUT2D eigenvalue weighted by atomic mass is 35.5. The number of ether oxygens (including phenoxy) is 2. The quantitative estimate of drug-likeness (QED) is 0.855. The van der Waals surface area contributed by atoms with Gasteiger partial charge in [0.15, 0.2) is 24.3 Å². The maximum absolute atomic E-state index is 12.4. The lowest BCUT2D eigenvalue weighted by molar-refractivity contribution is -0.153. The molecule has 0 radical (unpaired) electrons. The Morgan fingerprint density at radius 1 is 1.35 bits per heavy atom. The number of halogens is 4. The van der Waals surface area contributed by atoms with E-state index in [1.54, 1.807) is 0 Å². The van der Waals surface area contributed by atoms with E-state index in [9.17, 15) is 13.2 Å². The van der Waals surface area contributed by atoms with Crippen LogP contribution >= 0.6 is 11.6 Å². The van der Waals surface area contributed by atoms with Crippen LogP contribution < -0.4 is 10.5 Å². The monoisotopic (exact) mass is 351 g/mol. The van der Waals surface area contributed by atoms with Gasteiger partial charge in [-0.2, -0.15) is 28.2 Å². The molecule has 1 fully saturated rings. The van der Waals surface area contributed by atoms with Crippen LogP contribution in [0.1, 0.15) is 25.5 Å². The van der Waals surface area contributed by atoms with E-state index in [1.165, 1.54) is 4.68 Å². The molecule has 7 nitrogen and oxygen atoms in total. The van der Waals surface area contributed by atoms with E-state index in [2.05, 4.69) is 15.1 Å². The molecule has 0 bridgehead atoms. The summed E-state index contributed by atoms with van der Waals surface area (Å²) in [5.74, 6) is -0.389. The van der Waals surface area contributed by atoms with Crippen molar-refractivity contribution in [2.24, 2.45) is 0 Å². The molecule has 2 N–H and O–H groups in total. The molecule has 11 heteroatoms. The normalized spacial score (nSPS) is 19.2. The molecule has 3 rings (SSSR count). The van der Waals surface area contributed by atoms with E-state index < -0.39 is 19.0 Å². The van der Waals surface area contributed by atoms with Crippen molar-refractivity contribution in [2.75, 3.05) is 18.9 Å². The highest BCUT2D eigenvalue weighted by Crippen LogP contribution is 2.34. The topological polar surface area (TPSA) is 88.1 Å². The zero-order chi connectivity index (χ0) is 16.6. The third-order valence-corrected chi connectivity index (χ3v) is 3.49. The molecule has 0 spiro atoms. The number of anilines is 1. The Morgan fingerprint density at radius 3 is 2.78 bits per heavy atom. The molecule has 1 aliphatic rings. The number of alkyl halides is 3. The largest absolute Gasteiger partial charge is 0.467 e. The Hall–Kier alpha value is -1.81. The van der Waals surface area contributed by atoms with Gasteiger partial charge in [0.05, 0.1) is 0 Å². The number of hydrogen-bond donors (Lipinski definition) is 1. The molecule has 3 heterocycles. The first-order valence-corrected chi connectivity index (χ1v) is 7.25. The zero-order valence-electron chi connectivity index (χ0n) is 11.8.